The third kappa shape index (κ3) is 4.70. The fourth-order valence-electron chi connectivity index (χ4n) is 4.15. The summed E-state index contributed by atoms with van der Waals surface area (Å²) in [6.07, 6.45) is -0.525. The summed E-state index contributed by atoms with van der Waals surface area (Å²) in [5, 5.41) is 15.6. The van der Waals surface area contributed by atoms with Gasteiger partial charge in [0.15, 0.2) is 0 Å². The number of hydrogen-bond acceptors (Lipinski definition) is 5. The molecule has 2 aromatic heterocycles. The smallest absolute Gasteiger partial charge is 0.416 e. The number of ether oxygens (including phenoxy) is 1. The van der Waals surface area contributed by atoms with Crippen LogP contribution >= 0.6 is 0 Å². The van der Waals surface area contributed by atoms with Gasteiger partial charge in [-0.15, -0.1) is 10.2 Å². The molecule has 34 heavy (non-hydrogen) atoms. The molecule has 176 valence electrons. The Labute approximate surface area is 194 Å². The van der Waals surface area contributed by atoms with Gasteiger partial charge in [0.1, 0.15) is 18.1 Å². The van der Waals surface area contributed by atoms with Crippen LogP contribution in [0.15, 0.2) is 66.9 Å². The Kier molecular flexibility index (Phi) is 6.10. The molecular weight excluding hydrogens is 443 g/mol. The van der Waals surface area contributed by atoms with Crippen molar-refractivity contribution in [1.29, 1.82) is 0 Å². The first kappa shape index (κ1) is 22.2. The van der Waals surface area contributed by atoms with Gasteiger partial charge in [0.2, 0.25) is 5.95 Å². The molecule has 1 saturated heterocycles. The SMILES string of the molecule is FC(F)(F)c1ccc(-c2nnc(N[C@@H]3CCCNC3)n3cccc23)c(OCc2ccccc2)c1. The van der Waals surface area contributed by atoms with E-state index in [1.54, 1.807) is 0 Å². The van der Waals surface area contributed by atoms with E-state index >= 15 is 0 Å². The predicted molar refractivity (Wildman–Crippen MR) is 124 cm³/mol. The normalized spacial score (nSPS) is 16.5. The van der Waals surface area contributed by atoms with Crippen molar-refractivity contribution >= 4 is 11.5 Å². The zero-order chi connectivity index (χ0) is 23.5. The third-order valence-corrected chi connectivity index (χ3v) is 5.90. The average molecular weight is 467 g/mol. The molecule has 1 aliphatic rings. The van der Waals surface area contributed by atoms with Gasteiger partial charge < -0.3 is 15.4 Å². The maximum absolute atomic E-state index is 13.4. The minimum absolute atomic E-state index is 0.105. The molecule has 5 rings (SSSR count). The lowest BCUT2D eigenvalue weighted by atomic mass is 10.1. The Balaban J connectivity index is 1.52. The van der Waals surface area contributed by atoms with E-state index in [-0.39, 0.29) is 18.4 Å². The highest BCUT2D eigenvalue weighted by atomic mass is 19.4. The number of benzene rings is 2. The topological polar surface area (TPSA) is 63.5 Å². The molecule has 0 saturated carbocycles. The molecular formula is C25H24F3N5O. The number of fused-ring (bicyclic) bond motifs is 1. The fourth-order valence-corrected chi connectivity index (χ4v) is 4.15. The number of anilines is 1. The molecule has 1 atom stereocenters. The molecule has 0 amide bonds. The minimum Gasteiger partial charge on any atom is -0.488 e. The van der Waals surface area contributed by atoms with Crippen LogP contribution in [0, 0.1) is 0 Å². The van der Waals surface area contributed by atoms with E-state index in [9.17, 15) is 13.2 Å². The van der Waals surface area contributed by atoms with E-state index < -0.39 is 11.7 Å². The lowest BCUT2D eigenvalue weighted by Gasteiger charge is -2.24. The molecule has 6 nitrogen and oxygen atoms in total. The number of halogens is 3. The molecule has 1 aliphatic heterocycles. The van der Waals surface area contributed by atoms with E-state index in [0.29, 0.717) is 17.2 Å². The summed E-state index contributed by atoms with van der Waals surface area (Å²) in [6, 6.07) is 16.7. The maximum Gasteiger partial charge on any atom is 0.416 e. The molecule has 9 heteroatoms. The van der Waals surface area contributed by atoms with Crippen LogP contribution in [0.5, 0.6) is 5.75 Å². The van der Waals surface area contributed by atoms with E-state index in [4.69, 9.17) is 4.74 Å². The molecule has 0 unspecified atom stereocenters. The van der Waals surface area contributed by atoms with Crippen molar-refractivity contribution in [3.05, 3.63) is 78.0 Å². The molecule has 2 aromatic carbocycles. The molecule has 2 N–H and O–H groups in total. The molecule has 0 radical (unpaired) electrons. The van der Waals surface area contributed by atoms with Crippen LogP contribution < -0.4 is 15.4 Å². The van der Waals surface area contributed by atoms with Gasteiger partial charge in [0, 0.05) is 24.3 Å². The molecule has 1 fully saturated rings. The fraction of sp³-hybridized carbons (Fsp3) is 0.280. The molecule has 0 aliphatic carbocycles. The number of piperidine rings is 1. The largest absolute Gasteiger partial charge is 0.488 e. The average Bonchev–Trinajstić information content (AvgIpc) is 3.34. The van der Waals surface area contributed by atoms with Crippen molar-refractivity contribution in [2.24, 2.45) is 0 Å². The lowest BCUT2D eigenvalue weighted by Crippen LogP contribution is -2.39. The van der Waals surface area contributed by atoms with Crippen LogP contribution in [-0.4, -0.2) is 33.7 Å². The Bertz CT molecular complexity index is 1270. The maximum atomic E-state index is 13.4. The number of alkyl halides is 3. The van der Waals surface area contributed by atoms with Crippen LogP contribution in [0.3, 0.4) is 0 Å². The highest BCUT2D eigenvalue weighted by Crippen LogP contribution is 2.38. The number of nitrogens with one attached hydrogen (secondary N) is 2. The summed E-state index contributed by atoms with van der Waals surface area (Å²) in [6.45, 7) is 1.97. The summed E-state index contributed by atoms with van der Waals surface area (Å²) >= 11 is 0. The first-order valence-electron chi connectivity index (χ1n) is 11.2. The molecule has 4 aromatic rings. The Morgan fingerprint density at radius 3 is 2.68 bits per heavy atom. The highest BCUT2D eigenvalue weighted by molar-refractivity contribution is 5.81. The monoisotopic (exact) mass is 467 g/mol. The molecule has 3 heterocycles. The van der Waals surface area contributed by atoms with E-state index in [1.807, 2.05) is 53.1 Å². The second-order valence-electron chi connectivity index (χ2n) is 8.31. The van der Waals surface area contributed by atoms with Gasteiger partial charge >= 0.3 is 6.18 Å². The Morgan fingerprint density at radius 1 is 1.06 bits per heavy atom. The quantitative estimate of drug-likeness (QED) is 0.410. The zero-order valence-corrected chi connectivity index (χ0v) is 18.3. The van der Waals surface area contributed by atoms with Crippen LogP contribution in [0.2, 0.25) is 0 Å². The van der Waals surface area contributed by atoms with Gasteiger partial charge in [0.25, 0.3) is 0 Å². The summed E-state index contributed by atoms with van der Waals surface area (Å²) in [4.78, 5) is 0. The van der Waals surface area contributed by atoms with Crippen LogP contribution in [0.4, 0.5) is 19.1 Å². The third-order valence-electron chi connectivity index (χ3n) is 5.90. The van der Waals surface area contributed by atoms with Crippen molar-refractivity contribution in [1.82, 2.24) is 19.9 Å². The summed E-state index contributed by atoms with van der Waals surface area (Å²) in [5.74, 6) is 0.699. The van der Waals surface area contributed by atoms with Crippen molar-refractivity contribution in [2.75, 3.05) is 18.4 Å². The molecule has 0 bridgehead atoms. The highest BCUT2D eigenvalue weighted by Gasteiger charge is 2.32. The first-order valence-corrected chi connectivity index (χ1v) is 11.2. The van der Waals surface area contributed by atoms with Gasteiger partial charge in [-0.3, -0.25) is 4.40 Å². The second kappa shape index (κ2) is 9.34. The van der Waals surface area contributed by atoms with Crippen LogP contribution in [0.25, 0.3) is 16.8 Å². The van der Waals surface area contributed by atoms with E-state index in [0.717, 1.165) is 49.1 Å². The van der Waals surface area contributed by atoms with Crippen molar-refractivity contribution in [2.45, 2.75) is 31.7 Å². The van der Waals surface area contributed by atoms with Gasteiger partial charge in [-0.2, -0.15) is 13.2 Å². The van der Waals surface area contributed by atoms with Crippen molar-refractivity contribution < 1.29 is 17.9 Å². The predicted octanol–water partition coefficient (Wildman–Crippen LogP) is 5.16. The Hall–Kier alpha value is -3.59. The van der Waals surface area contributed by atoms with E-state index in [2.05, 4.69) is 20.8 Å². The first-order chi connectivity index (χ1) is 16.5. The second-order valence-corrected chi connectivity index (χ2v) is 8.31. The van der Waals surface area contributed by atoms with Gasteiger partial charge in [-0.25, -0.2) is 0 Å². The zero-order valence-electron chi connectivity index (χ0n) is 18.3. The lowest BCUT2D eigenvalue weighted by molar-refractivity contribution is -0.137. The van der Waals surface area contributed by atoms with Crippen molar-refractivity contribution in [3.8, 4) is 17.0 Å². The number of nitrogens with zero attached hydrogens (tertiary/aromatic N) is 3. The van der Waals surface area contributed by atoms with E-state index in [1.165, 1.54) is 6.07 Å². The summed E-state index contributed by atoms with van der Waals surface area (Å²) in [5.41, 5.74) is 1.71. The van der Waals surface area contributed by atoms with Gasteiger partial charge in [0.05, 0.1) is 11.1 Å². The minimum atomic E-state index is -4.48. The molecule has 0 spiro atoms. The Morgan fingerprint density at radius 2 is 1.91 bits per heavy atom. The van der Waals surface area contributed by atoms with Gasteiger partial charge in [-0.1, -0.05) is 30.3 Å². The number of hydrogen-bond donors (Lipinski definition) is 2. The van der Waals surface area contributed by atoms with Crippen LogP contribution in [-0.2, 0) is 12.8 Å². The summed E-state index contributed by atoms with van der Waals surface area (Å²) < 4.78 is 48.1. The number of aromatic nitrogens is 3. The van der Waals surface area contributed by atoms with Crippen molar-refractivity contribution in [3.63, 3.8) is 0 Å². The summed E-state index contributed by atoms with van der Waals surface area (Å²) in [7, 11) is 0. The van der Waals surface area contributed by atoms with Gasteiger partial charge in [-0.05, 0) is 55.3 Å². The van der Waals surface area contributed by atoms with Crippen LogP contribution in [0.1, 0.15) is 24.0 Å². The standard InChI is InChI=1S/C25H24F3N5O/c26-25(27,28)18-10-11-20(22(14-18)34-16-17-6-2-1-3-7-17)23-21-9-5-13-33(21)24(32-31-23)30-19-8-4-12-29-15-19/h1-3,5-7,9-11,13-14,19,29H,4,8,12,15-16H2,(H,30,32)/t19-/m1/s1. The number of rotatable bonds is 6.